The predicted molar refractivity (Wildman–Crippen MR) is 89.1 cm³/mol. The van der Waals surface area contributed by atoms with Gasteiger partial charge in [0.25, 0.3) is 5.91 Å². The number of rotatable bonds is 3. The second-order valence-corrected chi connectivity index (χ2v) is 5.66. The molecule has 0 aliphatic carbocycles. The van der Waals surface area contributed by atoms with E-state index in [9.17, 15) is 4.79 Å². The lowest BCUT2D eigenvalue weighted by atomic mass is 9.99. The van der Waals surface area contributed by atoms with Gasteiger partial charge < -0.3 is 9.73 Å². The molecular weight excluding hydrogens is 274 g/mol. The molecule has 1 amide bonds. The molecular formula is C19H19NO2. The number of hydrogen-bond donors (Lipinski definition) is 1. The van der Waals surface area contributed by atoms with Crippen molar-refractivity contribution in [1.82, 2.24) is 5.32 Å². The summed E-state index contributed by atoms with van der Waals surface area (Å²) >= 11 is 0. The van der Waals surface area contributed by atoms with E-state index in [1.54, 1.807) is 7.05 Å². The summed E-state index contributed by atoms with van der Waals surface area (Å²) in [4.78, 5) is 12.3. The lowest BCUT2D eigenvalue weighted by molar-refractivity contribution is 0.0964. The lowest BCUT2D eigenvalue weighted by Crippen LogP contribution is -2.18. The second kappa shape index (κ2) is 5.68. The molecule has 0 unspecified atom stereocenters. The van der Waals surface area contributed by atoms with Gasteiger partial charge in [-0.05, 0) is 17.5 Å². The fraction of sp³-hybridized carbons (Fsp3) is 0.211. The van der Waals surface area contributed by atoms with Crippen LogP contribution in [0.5, 0.6) is 0 Å². The predicted octanol–water partition coefficient (Wildman–Crippen LogP) is 4.58. The average Bonchev–Trinajstić information content (AvgIpc) is 2.93. The van der Waals surface area contributed by atoms with E-state index in [-0.39, 0.29) is 5.91 Å². The first-order valence-corrected chi connectivity index (χ1v) is 7.45. The summed E-state index contributed by atoms with van der Waals surface area (Å²) in [5.41, 5.74) is 3.50. The lowest BCUT2D eigenvalue weighted by Gasteiger charge is -2.07. The van der Waals surface area contributed by atoms with Crippen LogP contribution in [-0.2, 0) is 0 Å². The van der Waals surface area contributed by atoms with Gasteiger partial charge in [0, 0.05) is 18.0 Å². The molecule has 0 atom stereocenters. The molecule has 1 N–H and O–H groups in total. The van der Waals surface area contributed by atoms with Crippen molar-refractivity contribution in [3.63, 3.8) is 0 Å². The minimum atomic E-state index is -0.132. The highest BCUT2D eigenvalue weighted by Gasteiger charge is 2.20. The summed E-state index contributed by atoms with van der Waals surface area (Å²) in [6.07, 6.45) is 0. The first kappa shape index (κ1) is 14.4. The summed E-state index contributed by atoms with van der Waals surface area (Å²) in [5.74, 6) is 0.965. The molecule has 1 heterocycles. The molecule has 0 saturated heterocycles. The zero-order valence-electron chi connectivity index (χ0n) is 13.0. The maximum absolute atomic E-state index is 12.3. The van der Waals surface area contributed by atoms with Crippen LogP contribution in [0.15, 0.2) is 52.9 Å². The fourth-order valence-corrected chi connectivity index (χ4v) is 2.62. The van der Waals surface area contributed by atoms with Crippen LogP contribution >= 0.6 is 0 Å². The molecule has 22 heavy (non-hydrogen) atoms. The number of carbonyl (C=O) groups is 1. The van der Waals surface area contributed by atoms with Crippen molar-refractivity contribution in [3.05, 3.63) is 59.7 Å². The minimum Gasteiger partial charge on any atom is -0.455 e. The van der Waals surface area contributed by atoms with Gasteiger partial charge in [-0.1, -0.05) is 56.3 Å². The SMILES string of the molecule is CNC(=O)c1c(-c2ccc(C(C)C)cc2)oc2ccccc12. The van der Waals surface area contributed by atoms with E-state index in [0.717, 1.165) is 16.5 Å². The van der Waals surface area contributed by atoms with E-state index in [1.165, 1.54) is 5.56 Å². The highest BCUT2D eigenvalue weighted by Crippen LogP contribution is 2.34. The van der Waals surface area contributed by atoms with Crippen LogP contribution in [0.25, 0.3) is 22.3 Å². The Kier molecular flexibility index (Phi) is 3.72. The molecule has 1 aromatic heterocycles. The number of fused-ring (bicyclic) bond motifs is 1. The van der Waals surface area contributed by atoms with Crippen molar-refractivity contribution in [2.45, 2.75) is 19.8 Å². The van der Waals surface area contributed by atoms with E-state index < -0.39 is 0 Å². The van der Waals surface area contributed by atoms with Crippen molar-refractivity contribution in [2.75, 3.05) is 7.05 Å². The van der Waals surface area contributed by atoms with Gasteiger partial charge >= 0.3 is 0 Å². The van der Waals surface area contributed by atoms with Gasteiger partial charge in [-0.2, -0.15) is 0 Å². The molecule has 0 spiro atoms. The maximum Gasteiger partial charge on any atom is 0.255 e. The molecule has 3 heteroatoms. The Morgan fingerprint density at radius 2 is 1.73 bits per heavy atom. The molecule has 2 aromatic carbocycles. The number of benzene rings is 2. The molecule has 0 saturated carbocycles. The monoisotopic (exact) mass is 293 g/mol. The van der Waals surface area contributed by atoms with E-state index in [4.69, 9.17) is 4.42 Å². The number of carbonyl (C=O) groups excluding carboxylic acids is 1. The maximum atomic E-state index is 12.3. The Balaban J connectivity index is 2.19. The number of furan rings is 1. The van der Waals surface area contributed by atoms with E-state index in [2.05, 4.69) is 31.3 Å². The van der Waals surface area contributed by atoms with Gasteiger partial charge in [0.15, 0.2) is 0 Å². The fourth-order valence-electron chi connectivity index (χ4n) is 2.62. The second-order valence-electron chi connectivity index (χ2n) is 5.66. The van der Waals surface area contributed by atoms with Crippen molar-refractivity contribution < 1.29 is 9.21 Å². The van der Waals surface area contributed by atoms with E-state index in [1.807, 2.05) is 36.4 Å². The van der Waals surface area contributed by atoms with Crippen LogP contribution in [0.1, 0.15) is 35.7 Å². The third-order valence-electron chi connectivity index (χ3n) is 3.89. The van der Waals surface area contributed by atoms with Gasteiger partial charge in [0.1, 0.15) is 11.3 Å². The summed E-state index contributed by atoms with van der Waals surface area (Å²) < 4.78 is 5.95. The Bertz CT molecular complexity index is 813. The molecule has 0 aliphatic rings. The number of para-hydroxylation sites is 1. The highest BCUT2D eigenvalue weighted by atomic mass is 16.3. The van der Waals surface area contributed by atoms with Crippen molar-refractivity contribution >= 4 is 16.9 Å². The van der Waals surface area contributed by atoms with Crippen LogP contribution in [-0.4, -0.2) is 13.0 Å². The van der Waals surface area contributed by atoms with Gasteiger partial charge in [-0.25, -0.2) is 0 Å². The summed E-state index contributed by atoms with van der Waals surface area (Å²) in [5, 5.41) is 3.54. The van der Waals surface area contributed by atoms with Crippen molar-refractivity contribution in [1.29, 1.82) is 0 Å². The van der Waals surface area contributed by atoms with Crippen LogP contribution < -0.4 is 5.32 Å². The van der Waals surface area contributed by atoms with Crippen LogP contribution in [0.3, 0.4) is 0 Å². The molecule has 3 nitrogen and oxygen atoms in total. The van der Waals surface area contributed by atoms with Crippen LogP contribution in [0.2, 0.25) is 0 Å². The largest absolute Gasteiger partial charge is 0.455 e. The van der Waals surface area contributed by atoms with Crippen molar-refractivity contribution in [3.8, 4) is 11.3 Å². The summed E-state index contributed by atoms with van der Waals surface area (Å²) in [7, 11) is 1.63. The molecule has 0 radical (unpaired) electrons. The minimum absolute atomic E-state index is 0.132. The van der Waals surface area contributed by atoms with Gasteiger partial charge in [-0.3, -0.25) is 4.79 Å². The quantitative estimate of drug-likeness (QED) is 0.768. The topological polar surface area (TPSA) is 42.2 Å². The molecule has 0 aliphatic heterocycles. The number of amides is 1. The third-order valence-corrected chi connectivity index (χ3v) is 3.89. The standard InChI is InChI=1S/C19H19NO2/c1-12(2)13-8-10-14(11-9-13)18-17(19(21)20-3)15-6-4-5-7-16(15)22-18/h4-12H,1-3H3,(H,20,21). The molecule has 3 aromatic rings. The Morgan fingerprint density at radius 1 is 1.05 bits per heavy atom. The summed E-state index contributed by atoms with van der Waals surface area (Å²) in [6, 6.07) is 15.8. The summed E-state index contributed by atoms with van der Waals surface area (Å²) in [6.45, 7) is 4.32. The average molecular weight is 293 g/mol. The van der Waals surface area contributed by atoms with Crippen LogP contribution in [0, 0.1) is 0 Å². The van der Waals surface area contributed by atoms with Gasteiger partial charge in [0.05, 0.1) is 5.56 Å². The number of nitrogens with one attached hydrogen (secondary N) is 1. The van der Waals surface area contributed by atoms with Crippen molar-refractivity contribution in [2.24, 2.45) is 0 Å². The highest BCUT2D eigenvalue weighted by molar-refractivity contribution is 6.11. The zero-order chi connectivity index (χ0) is 15.7. The van der Waals surface area contributed by atoms with Gasteiger partial charge in [-0.15, -0.1) is 0 Å². The third kappa shape index (κ3) is 2.39. The normalized spacial score (nSPS) is 11.1. The van der Waals surface area contributed by atoms with Gasteiger partial charge in [0.2, 0.25) is 0 Å². The molecule has 3 rings (SSSR count). The zero-order valence-corrected chi connectivity index (χ0v) is 13.0. The molecule has 0 fully saturated rings. The van der Waals surface area contributed by atoms with E-state index in [0.29, 0.717) is 17.2 Å². The number of hydrogen-bond acceptors (Lipinski definition) is 2. The first-order valence-electron chi connectivity index (χ1n) is 7.45. The molecule has 0 bridgehead atoms. The Hall–Kier alpha value is -2.55. The Morgan fingerprint density at radius 3 is 2.36 bits per heavy atom. The first-order chi connectivity index (χ1) is 10.6. The van der Waals surface area contributed by atoms with Crippen LogP contribution in [0.4, 0.5) is 0 Å². The molecule has 112 valence electrons. The van der Waals surface area contributed by atoms with E-state index >= 15 is 0 Å². The smallest absolute Gasteiger partial charge is 0.255 e. The Labute approximate surface area is 130 Å².